The molecule has 0 aromatic heterocycles. The highest BCUT2D eigenvalue weighted by Crippen LogP contribution is 2.34. The average molecular weight is 604 g/mol. The highest BCUT2D eigenvalue weighted by molar-refractivity contribution is 8.18. The standard InChI is InChI=1S/C27H26ClN3O9S/c1-37-21-11-16(3-6-20(21)40-15-24(33)30-7-9-39-10-8-30)12-22-25(34)31(27(36)41-22)14-23(32)29-17-4-5-19(28)18(13-17)26(35)38-2/h3-6,11-13H,7-10,14-15H2,1-2H3,(H,29,32)/b22-12-. The van der Waals surface area contributed by atoms with Crippen molar-refractivity contribution in [3.8, 4) is 11.5 Å². The number of halogens is 1. The van der Waals surface area contributed by atoms with Crippen LogP contribution in [-0.4, -0.2) is 92.4 Å². The van der Waals surface area contributed by atoms with Crippen LogP contribution in [0.2, 0.25) is 5.02 Å². The Morgan fingerprint density at radius 2 is 1.83 bits per heavy atom. The Balaban J connectivity index is 1.39. The monoisotopic (exact) mass is 603 g/mol. The van der Waals surface area contributed by atoms with Crippen LogP contribution in [0.25, 0.3) is 6.08 Å². The van der Waals surface area contributed by atoms with Gasteiger partial charge in [0.25, 0.3) is 17.1 Å². The molecule has 4 amide bonds. The molecule has 0 radical (unpaired) electrons. The third-order valence-electron chi connectivity index (χ3n) is 6.03. The van der Waals surface area contributed by atoms with Crippen molar-refractivity contribution in [3.63, 3.8) is 0 Å². The number of hydrogen-bond acceptors (Lipinski definition) is 10. The third-order valence-corrected chi connectivity index (χ3v) is 7.27. The van der Waals surface area contributed by atoms with Crippen LogP contribution in [0.15, 0.2) is 41.3 Å². The number of methoxy groups -OCH3 is 2. The van der Waals surface area contributed by atoms with Gasteiger partial charge in [0.15, 0.2) is 18.1 Å². The van der Waals surface area contributed by atoms with Crippen molar-refractivity contribution in [2.75, 3.05) is 59.0 Å². The summed E-state index contributed by atoms with van der Waals surface area (Å²) in [6.45, 7) is 1.28. The Kier molecular flexibility index (Phi) is 9.86. The van der Waals surface area contributed by atoms with Gasteiger partial charge in [-0.3, -0.25) is 24.1 Å². The van der Waals surface area contributed by atoms with Crippen molar-refractivity contribution in [3.05, 3.63) is 57.5 Å². The lowest BCUT2D eigenvalue weighted by molar-refractivity contribution is -0.137. The molecular weight excluding hydrogens is 578 g/mol. The summed E-state index contributed by atoms with van der Waals surface area (Å²) in [5.41, 5.74) is 0.833. The van der Waals surface area contributed by atoms with Crippen molar-refractivity contribution in [1.29, 1.82) is 0 Å². The molecule has 41 heavy (non-hydrogen) atoms. The van der Waals surface area contributed by atoms with Crippen molar-refractivity contribution >= 4 is 64.1 Å². The second-order valence-corrected chi connectivity index (χ2v) is 10.1. The molecule has 0 spiro atoms. The summed E-state index contributed by atoms with van der Waals surface area (Å²) < 4.78 is 21.0. The first-order valence-corrected chi connectivity index (χ1v) is 13.5. The molecule has 12 nitrogen and oxygen atoms in total. The summed E-state index contributed by atoms with van der Waals surface area (Å²) in [6.07, 6.45) is 1.50. The molecule has 0 bridgehead atoms. The summed E-state index contributed by atoms with van der Waals surface area (Å²) >= 11 is 6.69. The second kappa shape index (κ2) is 13.5. The van der Waals surface area contributed by atoms with E-state index in [9.17, 15) is 24.0 Å². The van der Waals surface area contributed by atoms with Crippen molar-refractivity contribution in [2.24, 2.45) is 0 Å². The van der Waals surface area contributed by atoms with Crippen molar-refractivity contribution < 1.29 is 42.9 Å². The third kappa shape index (κ3) is 7.37. The van der Waals surface area contributed by atoms with Crippen LogP contribution in [0.5, 0.6) is 11.5 Å². The maximum atomic E-state index is 12.9. The largest absolute Gasteiger partial charge is 0.493 e. The zero-order valence-corrected chi connectivity index (χ0v) is 23.7. The average Bonchev–Trinajstić information content (AvgIpc) is 3.24. The van der Waals surface area contributed by atoms with E-state index in [0.29, 0.717) is 55.1 Å². The van der Waals surface area contributed by atoms with E-state index in [2.05, 4.69) is 10.1 Å². The van der Waals surface area contributed by atoms with Crippen LogP contribution in [0, 0.1) is 0 Å². The number of nitrogens with one attached hydrogen (secondary N) is 1. The van der Waals surface area contributed by atoms with Crippen LogP contribution in [-0.2, 0) is 23.9 Å². The molecule has 2 aromatic rings. The highest BCUT2D eigenvalue weighted by Gasteiger charge is 2.36. The number of imide groups is 1. The molecule has 1 N–H and O–H groups in total. The van der Waals surface area contributed by atoms with Gasteiger partial charge in [0.05, 0.1) is 42.9 Å². The predicted molar refractivity (Wildman–Crippen MR) is 150 cm³/mol. The smallest absolute Gasteiger partial charge is 0.339 e. The lowest BCUT2D eigenvalue weighted by Crippen LogP contribution is -2.43. The van der Waals surface area contributed by atoms with Gasteiger partial charge in [-0.2, -0.15) is 0 Å². The van der Waals surface area contributed by atoms with Gasteiger partial charge < -0.3 is 29.2 Å². The lowest BCUT2D eigenvalue weighted by atomic mass is 10.2. The molecule has 216 valence electrons. The normalized spacial score (nSPS) is 16.1. The number of benzene rings is 2. The lowest BCUT2D eigenvalue weighted by Gasteiger charge is -2.26. The van der Waals surface area contributed by atoms with E-state index in [1.54, 1.807) is 23.1 Å². The number of thioether (sulfide) groups is 1. The number of carbonyl (C=O) groups excluding carboxylic acids is 5. The Morgan fingerprint density at radius 3 is 2.54 bits per heavy atom. The first-order valence-electron chi connectivity index (χ1n) is 12.3. The molecule has 2 heterocycles. The Hall–Kier alpha value is -4.07. The highest BCUT2D eigenvalue weighted by atomic mass is 35.5. The number of hydrogen-bond donors (Lipinski definition) is 1. The molecule has 4 rings (SSSR count). The van der Waals surface area contributed by atoms with Gasteiger partial charge >= 0.3 is 5.97 Å². The minimum absolute atomic E-state index is 0.0524. The molecule has 2 aliphatic rings. The van der Waals surface area contributed by atoms with Crippen LogP contribution in [0.1, 0.15) is 15.9 Å². The van der Waals surface area contributed by atoms with Gasteiger partial charge in [-0.05, 0) is 53.7 Å². The van der Waals surface area contributed by atoms with E-state index >= 15 is 0 Å². The predicted octanol–water partition coefficient (Wildman–Crippen LogP) is 3.05. The van der Waals surface area contributed by atoms with Gasteiger partial charge in [-0.1, -0.05) is 17.7 Å². The Bertz CT molecular complexity index is 1410. The quantitative estimate of drug-likeness (QED) is 0.336. The van der Waals surface area contributed by atoms with Crippen LogP contribution < -0.4 is 14.8 Å². The van der Waals surface area contributed by atoms with Gasteiger partial charge in [0.1, 0.15) is 6.54 Å². The summed E-state index contributed by atoms with van der Waals surface area (Å²) in [4.78, 5) is 64.9. The molecule has 2 fully saturated rings. The maximum Gasteiger partial charge on any atom is 0.339 e. The maximum absolute atomic E-state index is 12.9. The minimum atomic E-state index is -0.681. The van der Waals surface area contributed by atoms with E-state index in [-0.39, 0.29) is 33.7 Å². The fourth-order valence-electron chi connectivity index (χ4n) is 3.94. The summed E-state index contributed by atoms with van der Waals surface area (Å²) in [5.74, 6) is -1.47. The number of ether oxygens (including phenoxy) is 4. The molecule has 0 atom stereocenters. The number of carbonyl (C=O) groups is 5. The van der Waals surface area contributed by atoms with Gasteiger partial charge in [-0.25, -0.2) is 4.79 Å². The van der Waals surface area contributed by atoms with E-state index in [1.807, 2.05) is 0 Å². The van der Waals surface area contributed by atoms with Crippen molar-refractivity contribution in [2.45, 2.75) is 0 Å². The number of nitrogens with zero attached hydrogens (tertiary/aromatic N) is 2. The number of rotatable bonds is 9. The zero-order valence-electron chi connectivity index (χ0n) is 22.1. The van der Waals surface area contributed by atoms with Crippen LogP contribution >= 0.6 is 23.4 Å². The molecule has 0 unspecified atom stereocenters. The molecule has 2 saturated heterocycles. The second-order valence-electron chi connectivity index (χ2n) is 8.69. The van der Waals surface area contributed by atoms with Crippen LogP contribution in [0.3, 0.4) is 0 Å². The van der Waals surface area contributed by atoms with Crippen LogP contribution in [0.4, 0.5) is 10.5 Å². The minimum Gasteiger partial charge on any atom is -0.493 e. The van der Waals surface area contributed by atoms with Gasteiger partial charge in [0, 0.05) is 18.8 Å². The van der Waals surface area contributed by atoms with E-state index in [1.165, 1.54) is 38.5 Å². The summed E-state index contributed by atoms with van der Waals surface area (Å²) in [6, 6.07) is 9.08. The van der Waals surface area contributed by atoms with E-state index in [4.69, 9.17) is 25.8 Å². The number of anilines is 1. The topological polar surface area (TPSA) is 141 Å². The fraction of sp³-hybridized carbons (Fsp3) is 0.296. The number of morpholine rings is 1. The van der Waals surface area contributed by atoms with Gasteiger partial charge in [-0.15, -0.1) is 0 Å². The number of amides is 4. The zero-order chi connectivity index (χ0) is 29.5. The first kappa shape index (κ1) is 29.9. The molecule has 0 saturated carbocycles. The number of esters is 1. The first-order chi connectivity index (χ1) is 19.7. The van der Waals surface area contributed by atoms with Crippen molar-refractivity contribution in [1.82, 2.24) is 9.80 Å². The molecule has 14 heteroatoms. The Morgan fingerprint density at radius 1 is 1.07 bits per heavy atom. The molecule has 2 aromatic carbocycles. The molecular formula is C27H26ClN3O9S. The SMILES string of the molecule is COC(=O)c1cc(NC(=O)CN2C(=O)S/C(=C\c3ccc(OCC(=O)N4CCOCC4)c(OC)c3)C2=O)ccc1Cl. The molecule has 2 aliphatic heterocycles. The Labute approximate surface area is 244 Å². The van der Waals surface area contributed by atoms with Gasteiger partial charge in [0.2, 0.25) is 5.91 Å². The molecule has 0 aliphatic carbocycles. The van der Waals surface area contributed by atoms with E-state index < -0.39 is 29.6 Å². The fourth-order valence-corrected chi connectivity index (χ4v) is 4.97. The summed E-state index contributed by atoms with van der Waals surface area (Å²) in [5, 5.41) is 2.07. The van der Waals surface area contributed by atoms with E-state index in [0.717, 1.165) is 4.90 Å². The summed E-state index contributed by atoms with van der Waals surface area (Å²) in [7, 11) is 2.64.